The average Bonchev–Trinajstić information content (AvgIpc) is 2.66. The van der Waals surface area contributed by atoms with Crippen LogP contribution in [0.25, 0.3) is 0 Å². The highest BCUT2D eigenvalue weighted by Crippen LogP contribution is 2.32. The quantitative estimate of drug-likeness (QED) is 0.840. The molecule has 2 aromatic rings. The van der Waals surface area contributed by atoms with Crippen LogP contribution >= 0.6 is 0 Å². The van der Waals surface area contributed by atoms with Gasteiger partial charge in [0.1, 0.15) is 0 Å². The van der Waals surface area contributed by atoms with Crippen molar-refractivity contribution in [3.05, 3.63) is 53.3 Å². The van der Waals surface area contributed by atoms with E-state index in [4.69, 9.17) is 5.73 Å². The van der Waals surface area contributed by atoms with Crippen LogP contribution in [0.2, 0.25) is 0 Å². The Morgan fingerprint density at radius 2 is 2.11 bits per heavy atom. The van der Waals surface area contributed by atoms with E-state index in [-0.39, 0.29) is 12.1 Å². The van der Waals surface area contributed by atoms with E-state index in [1.54, 1.807) is 6.20 Å². The first-order chi connectivity index (χ1) is 8.74. The molecular formula is C14H16N4. The number of aromatic nitrogens is 2. The van der Waals surface area contributed by atoms with Crippen LogP contribution in [0.5, 0.6) is 0 Å². The second kappa shape index (κ2) is 4.38. The average molecular weight is 240 g/mol. The number of nitrogens with two attached hydrogens (primary N) is 1. The van der Waals surface area contributed by atoms with E-state index in [0.717, 1.165) is 12.1 Å². The van der Waals surface area contributed by atoms with Gasteiger partial charge in [0.2, 0.25) is 5.95 Å². The van der Waals surface area contributed by atoms with E-state index < -0.39 is 0 Å². The first kappa shape index (κ1) is 11.2. The zero-order chi connectivity index (χ0) is 12.5. The third-order valence-electron chi connectivity index (χ3n) is 3.35. The smallest absolute Gasteiger partial charge is 0.223 e. The summed E-state index contributed by atoms with van der Waals surface area (Å²) in [7, 11) is 0. The van der Waals surface area contributed by atoms with Crippen molar-refractivity contribution in [2.75, 3.05) is 5.32 Å². The van der Waals surface area contributed by atoms with Gasteiger partial charge >= 0.3 is 0 Å². The molecule has 18 heavy (non-hydrogen) atoms. The van der Waals surface area contributed by atoms with Crippen LogP contribution in [0.3, 0.4) is 0 Å². The fourth-order valence-electron chi connectivity index (χ4n) is 2.47. The number of hydrogen-bond donors (Lipinski definition) is 2. The molecule has 2 atom stereocenters. The minimum atomic E-state index is 0.0755. The Hall–Kier alpha value is -1.94. The molecule has 1 heterocycles. The molecule has 0 saturated carbocycles. The Bertz CT molecular complexity index is 567. The van der Waals surface area contributed by atoms with Gasteiger partial charge in [-0.15, -0.1) is 0 Å². The van der Waals surface area contributed by atoms with E-state index in [2.05, 4.69) is 33.5 Å². The van der Waals surface area contributed by atoms with Gasteiger partial charge in [0.25, 0.3) is 0 Å². The lowest BCUT2D eigenvalue weighted by molar-refractivity contribution is 0.621. The summed E-state index contributed by atoms with van der Waals surface area (Å²) in [6.45, 7) is 1.95. The van der Waals surface area contributed by atoms with Crippen LogP contribution in [-0.2, 0) is 6.42 Å². The van der Waals surface area contributed by atoms with Crippen molar-refractivity contribution in [3.63, 3.8) is 0 Å². The summed E-state index contributed by atoms with van der Waals surface area (Å²) >= 11 is 0. The van der Waals surface area contributed by atoms with Crippen molar-refractivity contribution in [2.45, 2.75) is 25.4 Å². The van der Waals surface area contributed by atoms with E-state index >= 15 is 0 Å². The Labute approximate surface area is 106 Å². The highest BCUT2D eigenvalue weighted by molar-refractivity contribution is 5.43. The molecule has 0 saturated heterocycles. The second-order valence-electron chi connectivity index (χ2n) is 4.71. The molecule has 0 amide bonds. The predicted octanol–water partition coefficient (Wildman–Crippen LogP) is 1.82. The highest BCUT2D eigenvalue weighted by Gasteiger charge is 2.29. The molecule has 1 aromatic heterocycles. The zero-order valence-corrected chi connectivity index (χ0v) is 10.3. The van der Waals surface area contributed by atoms with Crippen molar-refractivity contribution in [2.24, 2.45) is 5.73 Å². The number of fused-ring (bicyclic) bond motifs is 1. The molecule has 0 fully saturated rings. The van der Waals surface area contributed by atoms with Crippen molar-refractivity contribution in [1.82, 2.24) is 9.97 Å². The summed E-state index contributed by atoms with van der Waals surface area (Å²) in [5.74, 6) is 0.646. The Morgan fingerprint density at radius 1 is 1.28 bits per heavy atom. The summed E-state index contributed by atoms with van der Waals surface area (Å²) in [5, 5.41) is 3.34. The summed E-state index contributed by atoms with van der Waals surface area (Å²) < 4.78 is 0. The first-order valence-corrected chi connectivity index (χ1v) is 6.13. The maximum absolute atomic E-state index is 6.20. The predicted molar refractivity (Wildman–Crippen MR) is 71.3 cm³/mol. The van der Waals surface area contributed by atoms with Crippen LogP contribution in [0.1, 0.15) is 22.9 Å². The number of rotatable bonds is 2. The van der Waals surface area contributed by atoms with Crippen LogP contribution in [0.4, 0.5) is 5.95 Å². The van der Waals surface area contributed by atoms with Crippen molar-refractivity contribution in [3.8, 4) is 0 Å². The van der Waals surface area contributed by atoms with Gasteiger partial charge in [0, 0.05) is 17.9 Å². The van der Waals surface area contributed by atoms with Gasteiger partial charge in [-0.2, -0.15) is 0 Å². The molecule has 1 aliphatic rings. The zero-order valence-electron chi connectivity index (χ0n) is 10.3. The molecule has 92 valence electrons. The normalized spacial score (nSPS) is 21.7. The van der Waals surface area contributed by atoms with E-state index in [1.807, 2.05) is 19.1 Å². The van der Waals surface area contributed by atoms with Gasteiger partial charge in [-0.05, 0) is 30.5 Å². The fraction of sp³-hybridized carbons (Fsp3) is 0.286. The van der Waals surface area contributed by atoms with Crippen LogP contribution in [0.15, 0.2) is 36.5 Å². The van der Waals surface area contributed by atoms with Gasteiger partial charge in [-0.25, -0.2) is 9.97 Å². The fourth-order valence-corrected chi connectivity index (χ4v) is 2.47. The molecule has 3 N–H and O–H groups in total. The lowest BCUT2D eigenvalue weighted by Gasteiger charge is -2.18. The third-order valence-corrected chi connectivity index (χ3v) is 3.35. The summed E-state index contributed by atoms with van der Waals surface area (Å²) in [5.41, 5.74) is 9.72. The molecule has 4 heteroatoms. The molecular weight excluding hydrogens is 224 g/mol. The molecule has 1 aromatic carbocycles. The monoisotopic (exact) mass is 240 g/mol. The van der Waals surface area contributed by atoms with Crippen LogP contribution in [-0.4, -0.2) is 16.0 Å². The van der Waals surface area contributed by atoms with Gasteiger partial charge in [-0.3, -0.25) is 0 Å². The molecule has 4 nitrogen and oxygen atoms in total. The highest BCUT2D eigenvalue weighted by atomic mass is 15.1. The Balaban J connectivity index is 1.89. The van der Waals surface area contributed by atoms with Gasteiger partial charge < -0.3 is 11.1 Å². The van der Waals surface area contributed by atoms with Crippen LogP contribution in [0, 0.1) is 6.92 Å². The van der Waals surface area contributed by atoms with Crippen molar-refractivity contribution < 1.29 is 0 Å². The SMILES string of the molecule is Cc1ccnc(NC2c3ccccc3CC2N)n1. The summed E-state index contributed by atoms with van der Waals surface area (Å²) in [6.07, 6.45) is 2.66. The number of aryl methyl sites for hydroxylation is 1. The van der Waals surface area contributed by atoms with Crippen molar-refractivity contribution >= 4 is 5.95 Å². The molecule has 2 unspecified atom stereocenters. The van der Waals surface area contributed by atoms with Crippen LogP contribution < -0.4 is 11.1 Å². The number of anilines is 1. The third kappa shape index (κ3) is 1.95. The number of nitrogens with zero attached hydrogens (tertiary/aromatic N) is 2. The maximum Gasteiger partial charge on any atom is 0.223 e. The Kier molecular flexibility index (Phi) is 2.72. The van der Waals surface area contributed by atoms with E-state index in [0.29, 0.717) is 5.95 Å². The number of hydrogen-bond acceptors (Lipinski definition) is 4. The lowest BCUT2D eigenvalue weighted by atomic mass is 10.1. The standard InChI is InChI=1S/C14H16N4/c1-9-6-7-16-14(17-9)18-13-11-5-3-2-4-10(11)8-12(13)15/h2-7,12-13H,8,15H2,1H3,(H,16,17,18). The molecule has 0 radical (unpaired) electrons. The molecule has 0 aliphatic heterocycles. The molecule has 1 aliphatic carbocycles. The number of benzene rings is 1. The first-order valence-electron chi connectivity index (χ1n) is 6.13. The van der Waals surface area contributed by atoms with Crippen molar-refractivity contribution in [1.29, 1.82) is 0 Å². The minimum absolute atomic E-state index is 0.0755. The second-order valence-corrected chi connectivity index (χ2v) is 4.71. The molecule has 0 bridgehead atoms. The summed E-state index contributed by atoms with van der Waals surface area (Å²) in [4.78, 5) is 8.60. The van der Waals surface area contributed by atoms with Gasteiger partial charge in [-0.1, -0.05) is 24.3 Å². The largest absolute Gasteiger partial charge is 0.346 e. The van der Waals surface area contributed by atoms with E-state index in [1.165, 1.54) is 11.1 Å². The molecule has 0 spiro atoms. The lowest BCUT2D eigenvalue weighted by Crippen LogP contribution is -2.30. The van der Waals surface area contributed by atoms with E-state index in [9.17, 15) is 0 Å². The van der Waals surface area contributed by atoms with Gasteiger partial charge in [0.15, 0.2) is 0 Å². The minimum Gasteiger partial charge on any atom is -0.346 e. The topological polar surface area (TPSA) is 63.8 Å². The Morgan fingerprint density at radius 3 is 2.94 bits per heavy atom. The molecule has 3 rings (SSSR count). The maximum atomic E-state index is 6.20. The number of nitrogens with one attached hydrogen (secondary N) is 1. The van der Waals surface area contributed by atoms with Gasteiger partial charge in [0.05, 0.1) is 6.04 Å². The summed E-state index contributed by atoms with van der Waals surface area (Å²) in [6, 6.07) is 10.4.